The molecule has 1 aliphatic heterocycles. The number of halogens is 1. The van der Waals surface area contributed by atoms with Crippen LogP contribution in [0.15, 0.2) is 6.20 Å². The van der Waals surface area contributed by atoms with E-state index in [2.05, 4.69) is 38.0 Å². The Hall–Kier alpha value is -3.13. The summed E-state index contributed by atoms with van der Waals surface area (Å²) in [5, 5.41) is 24.4. The van der Waals surface area contributed by atoms with Gasteiger partial charge in [-0.1, -0.05) is 25.5 Å². The molecule has 13 nitrogen and oxygen atoms in total. The maximum Gasteiger partial charge on any atom is 0.316 e. The van der Waals surface area contributed by atoms with E-state index < -0.39 is 53.9 Å². The third-order valence-electron chi connectivity index (χ3n) is 10.1. The van der Waals surface area contributed by atoms with E-state index in [-0.39, 0.29) is 23.9 Å². The van der Waals surface area contributed by atoms with Crippen LogP contribution in [0.3, 0.4) is 0 Å². The lowest BCUT2D eigenvalue weighted by Crippen LogP contribution is -2.64. The van der Waals surface area contributed by atoms with Gasteiger partial charge >= 0.3 is 5.97 Å². The number of carbonyl (C=O) groups excluding carboxylic acids is 2. The standard InChI is InChI=1S/C32H52BFN8O5S/c1-9-41(14-10-11-15-42-18-23(38-40-42)28-37-30(35)48-39-28)27-22(5)36-17-19(2)16-31(6,46-8)26(33)20(3)25(43)21(4)29(44)47-24(12-13-34)32(27,7)45/h1,18-22,24,26-27,36,45H,10-17,33H2,2-8H3,(H2,35,37,39)/t19-,20+,21-,22-,24-,26-,27-,31-,32-/m1/s1. The zero-order valence-corrected chi connectivity index (χ0v) is 30.3. The van der Waals surface area contributed by atoms with Crippen molar-refractivity contribution in [2.45, 2.75) is 109 Å². The van der Waals surface area contributed by atoms with Gasteiger partial charge in [-0.3, -0.25) is 18.7 Å². The average Bonchev–Trinajstić information content (AvgIpc) is 3.71. The lowest BCUT2D eigenvalue weighted by molar-refractivity contribution is -0.179. The normalized spacial score (nSPS) is 32.5. The molecule has 16 heteroatoms. The highest BCUT2D eigenvalue weighted by Crippen LogP contribution is 2.38. The number of nitrogens with one attached hydrogen (secondary N) is 1. The Bertz CT molecular complexity index is 1400. The summed E-state index contributed by atoms with van der Waals surface area (Å²) in [5.41, 5.74) is 3.76. The number of nitrogens with zero attached hydrogens (tertiary/aromatic N) is 6. The zero-order valence-electron chi connectivity index (χ0n) is 29.5. The van der Waals surface area contributed by atoms with Crippen LogP contribution >= 0.6 is 11.5 Å². The Morgan fingerprint density at radius 3 is 2.62 bits per heavy atom. The van der Waals surface area contributed by atoms with Crippen LogP contribution in [-0.2, 0) is 25.6 Å². The van der Waals surface area contributed by atoms with Crippen molar-refractivity contribution < 1.29 is 28.6 Å². The number of nitrogens with two attached hydrogens (primary N) is 1. The molecule has 48 heavy (non-hydrogen) atoms. The third-order valence-corrected chi connectivity index (χ3v) is 10.6. The number of ketones is 1. The molecule has 266 valence electrons. The molecule has 0 aromatic carbocycles. The third kappa shape index (κ3) is 9.31. The van der Waals surface area contributed by atoms with Gasteiger partial charge in [0.25, 0.3) is 0 Å². The summed E-state index contributed by atoms with van der Waals surface area (Å²) in [6, 6.07) is 1.52. The molecule has 3 rings (SSSR count). The van der Waals surface area contributed by atoms with E-state index in [4.69, 9.17) is 21.6 Å². The number of ether oxygens (including phenoxy) is 2. The molecule has 1 aliphatic rings. The van der Waals surface area contributed by atoms with E-state index in [1.807, 2.05) is 21.7 Å². The molecule has 9 atom stereocenters. The zero-order chi connectivity index (χ0) is 35.8. The minimum Gasteiger partial charge on any atom is -0.459 e. The molecule has 0 radical (unpaired) electrons. The van der Waals surface area contributed by atoms with Crippen molar-refractivity contribution in [3.8, 4) is 24.0 Å². The number of aliphatic hydroxyl groups is 1. The fraction of sp³-hybridized carbons (Fsp3) is 0.750. The summed E-state index contributed by atoms with van der Waals surface area (Å²) in [6.45, 7) is 11.4. The average molecular weight is 691 g/mol. The molecule has 0 spiro atoms. The van der Waals surface area contributed by atoms with Gasteiger partial charge in [0.1, 0.15) is 31.3 Å². The number of anilines is 1. The Labute approximate surface area is 288 Å². The Kier molecular flexibility index (Phi) is 13.9. The number of rotatable bonds is 10. The van der Waals surface area contributed by atoms with Crippen LogP contribution in [0.1, 0.15) is 67.2 Å². The summed E-state index contributed by atoms with van der Waals surface area (Å²) >= 11 is 1.08. The first kappa shape index (κ1) is 39.3. The van der Waals surface area contributed by atoms with Crippen molar-refractivity contribution in [1.82, 2.24) is 34.6 Å². The van der Waals surface area contributed by atoms with E-state index >= 15 is 0 Å². The van der Waals surface area contributed by atoms with Crippen molar-refractivity contribution in [3.05, 3.63) is 6.20 Å². The Morgan fingerprint density at radius 1 is 1.31 bits per heavy atom. The Morgan fingerprint density at radius 2 is 2.02 bits per heavy atom. The van der Waals surface area contributed by atoms with Crippen molar-refractivity contribution in [2.24, 2.45) is 17.8 Å². The summed E-state index contributed by atoms with van der Waals surface area (Å²) in [7, 11) is 3.59. The number of terminal acetylenes is 1. The van der Waals surface area contributed by atoms with Crippen LogP contribution in [0.25, 0.3) is 11.5 Å². The summed E-state index contributed by atoms with van der Waals surface area (Å²) < 4.78 is 31.6. The van der Waals surface area contributed by atoms with Gasteiger partial charge in [0.05, 0.1) is 24.5 Å². The second-order valence-corrected chi connectivity index (χ2v) is 14.4. The largest absolute Gasteiger partial charge is 0.459 e. The molecule has 0 saturated carbocycles. The van der Waals surface area contributed by atoms with Crippen LogP contribution in [-0.4, -0.2) is 110 Å². The first-order valence-corrected chi connectivity index (χ1v) is 17.4. The number of carbonyl (C=O) groups is 2. The number of nitrogen functional groups attached to an aromatic ring is 1. The first-order valence-electron chi connectivity index (χ1n) is 16.6. The lowest BCUT2D eigenvalue weighted by Gasteiger charge is -2.46. The van der Waals surface area contributed by atoms with E-state index in [0.29, 0.717) is 55.5 Å². The van der Waals surface area contributed by atoms with Gasteiger partial charge in [0.2, 0.25) is 0 Å². The minimum atomic E-state index is -1.80. The summed E-state index contributed by atoms with van der Waals surface area (Å²) in [6.07, 6.45) is 8.23. The molecule has 2 aromatic rings. The molecule has 1 fully saturated rings. The fourth-order valence-corrected chi connectivity index (χ4v) is 7.23. The number of unbranched alkanes of at least 4 members (excludes halogenated alkanes) is 1. The van der Waals surface area contributed by atoms with E-state index in [0.717, 1.165) is 11.5 Å². The van der Waals surface area contributed by atoms with Crippen molar-refractivity contribution in [3.63, 3.8) is 0 Å². The SMILES string of the molecule is B[C@@H]1[C@@H](C)C(=O)[C@@H](C)C(=O)O[C@H](CCF)[C@@](C)(O)[C@H](N(C#C)CCCCn2cc(-c3nsc(N)n3)nn2)[C@@H](C)NC[C@H](C)C[C@@]1(C)OC. The maximum atomic E-state index is 14.0. The van der Waals surface area contributed by atoms with Gasteiger partial charge in [0, 0.05) is 56.2 Å². The van der Waals surface area contributed by atoms with E-state index in [9.17, 15) is 19.1 Å². The number of cyclic esters (lactones) is 1. The molecule has 1 saturated heterocycles. The van der Waals surface area contributed by atoms with Gasteiger partial charge in [-0.2, -0.15) is 9.36 Å². The smallest absolute Gasteiger partial charge is 0.316 e. The highest BCUT2D eigenvalue weighted by molar-refractivity contribution is 7.09. The number of esters is 1. The molecular formula is C32H52BFN8O5S. The quantitative estimate of drug-likeness (QED) is 0.0830. The van der Waals surface area contributed by atoms with Gasteiger partial charge in [0.15, 0.2) is 16.6 Å². The van der Waals surface area contributed by atoms with Gasteiger partial charge in [-0.05, 0) is 65.2 Å². The summed E-state index contributed by atoms with van der Waals surface area (Å²) in [4.78, 5) is 32.8. The number of methoxy groups -OCH3 is 1. The van der Waals surface area contributed by atoms with Gasteiger partial charge in [-0.15, -0.1) is 5.10 Å². The van der Waals surface area contributed by atoms with Crippen LogP contribution < -0.4 is 11.1 Å². The maximum absolute atomic E-state index is 14.0. The highest BCUT2D eigenvalue weighted by atomic mass is 32.1. The molecule has 0 aliphatic carbocycles. The second kappa shape index (κ2) is 17.0. The van der Waals surface area contributed by atoms with E-state index in [1.165, 1.54) is 13.8 Å². The van der Waals surface area contributed by atoms with Crippen LogP contribution in [0.4, 0.5) is 9.52 Å². The van der Waals surface area contributed by atoms with Crippen molar-refractivity contribution in [2.75, 3.05) is 32.6 Å². The minimum absolute atomic E-state index is 0.109. The predicted molar refractivity (Wildman–Crippen MR) is 185 cm³/mol. The monoisotopic (exact) mass is 690 g/mol. The van der Waals surface area contributed by atoms with Crippen molar-refractivity contribution >= 4 is 36.3 Å². The molecular weight excluding hydrogens is 638 g/mol. The van der Waals surface area contributed by atoms with Crippen LogP contribution in [0.5, 0.6) is 0 Å². The van der Waals surface area contributed by atoms with Crippen molar-refractivity contribution in [1.29, 1.82) is 0 Å². The van der Waals surface area contributed by atoms with Gasteiger partial charge in [-0.25, -0.2) is 0 Å². The molecule has 3 heterocycles. The topological polar surface area (TPSA) is 171 Å². The molecule has 0 unspecified atom stereocenters. The van der Waals surface area contributed by atoms with Crippen LogP contribution in [0, 0.1) is 30.2 Å². The summed E-state index contributed by atoms with van der Waals surface area (Å²) in [5.74, 6) is -2.43. The number of Topliss-reactive ketones (excluding diaryl/α,β-unsaturated/α-hetero) is 1. The number of hydrogen-bond donors (Lipinski definition) is 3. The van der Waals surface area contributed by atoms with Gasteiger partial charge < -0.3 is 30.5 Å². The Balaban J connectivity index is 1.86. The fourth-order valence-electron chi connectivity index (χ4n) is 6.79. The molecule has 2 aromatic heterocycles. The molecule has 0 amide bonds. The molecule has 4 N–H and O–H groups in total. The van der Waals surface area contributed by atoms with Crippen LogP contribution in [0.2, 0.25) is 5.82 Å². The number of hydrogen-bond acceptors (Lipinski definition) is 13. The highest BCUT2D eigenvalue weighted by Gasteiger charge is 2.49. The predicted octanol–water partition coefficient (Wildman–Crippen LogP) is 2.13. The lowest BCUT2D eigenvalue weighted by atomic mass is 9.62. The number of alkyl halides is 1. The van der Waals surface area contributed by atoms with E-state index in [1.54, 1.807) is 29.8 Å². The first-order chi connectivity index (χ1) is 22.6. The second-order valence-electron chi connectivity index (χ2n) is 13.7. The number of aromatic nitrogens is 5. The molecule has 0 bridgehead atoms. The number of aryl methyl sites for hydroxylation is 1.